The number of carbonyl (C=O) groups excluding carboxylic acids is 1. The lowest BCUT2D eigenvalue weighted by molar-refractivity contribution is 0.0519. The van der Waals surface area contributed by atoms with Gasteiger partial charge in [0.25, 0.3) is 6.01 Å². The summed E-state index contributed by atoms with van der Waals surface area (Å²) in [5.74, 6) is -0.473. The van der Waals surface area contributed by atoms with Crippen molar-refractivity contribution in [2.24, 2.45) is 0 Å². The monoisotopic (exact) mass is 256 g/mol. The predicted molar refractivity (Wildman–Crippen MR) is 66.8 cm³/mol. The molecule has 0 atom stereocenters. The van der Waals surface area contributed by atoms with Gasteiger partial charge in [0.2, 0.25) is 0 Å². The van der Waals surface area contributed by atoms with Crippen molar-refractivity contribution in [2.75, 3.05) is 31.7 Å². The number of likely N-dealkylation sites (N-methyl/N-ethyl adjacent to an activating group) is 1. The molecule has 0 spiro atoms. The molecule has 0 aliphatic carbocycles. The van der Waals surface area contributed by atoms with Gasteiger partial charge in [-0.25, -0.2) is 4.79 Å². The summed E-state index contributed by atoms with van der Waals surface area (Å²) in [7, 11) is 1.82. The predicted octanol–water partition coefficient (Wildman–Crippen LogP) is 1.71. The lowest BCUT2D eigenvalue weighted by Gasteiger charge is -2.15. The van der Waals surface area contributed by atoms with E-state index < -0.39 is 5.97 Å². The van der Waals surface area contributed by atoms with Gasteiger partial charge in [-0.2, -0.15) is 4.98 Å². The molecule has 0 aliphatic rings. The number of esters is 1. The van der Waals surface area contributed by atoms with Crippen LogP contribution in [0.3, 0.4) is 0 Å². The number of ether oxygens (including phenoxy) is 2. The van der Waals surface area contributed by atoms with E-state index in [9.17, 15) is 4.79 Å². The second-order valence-electron chi connectivity index (χ2n) is 4.08. The van der Waals surface area contributed by atoms with Gasteiger partial charge in [-0.1, -0.05) is 0 Å². The summed E-state index contributed by atoms with van der Waals surface area (Å²) in [6.07, 6.45) is 1.49. The number of hydrogen-bond donors (Lipinski definition) is 0. The van der Waals surface area contributed by atoms with E-state index in [1.807, 2.05) is 20.9 Å². The maximum Gasteiger partial charge on any atom is 0.360 e. The molecule has 0 saturated carbocycles. The second-order valence-corrected chi connectivity index (χ2v) is 4.08. The highest BCUT2D eigenvalue weighted by Crippen LogP contribution is 2.12. The summed E-state index contributed by atoms with van der Waals surface area (Å²) in [5.41, 5.74) is 0.184. The van der Waals surface area contributed by atoms with Crippen LogP contribution in [0.4, 0.5) is 6.01 Å². The number of nitrogens with zero attached hydrogens (tertiary/aromatic N) is 2. The van der Waals surface area contributed by atoms with Gasteiger partial charge < -0.3 is 18.8 Å². The summed E-state index contributed by atoms with van der Waals surface area (Å²) in [6, 6.07) is 0.380. The largest absolute Gasteiger partial charge is 0.461 e. The van der Waals surface area contributed by atoms with Crippen molar-refractivity contribution in [2.45, 2.75) is 26.9 Å². The summed E-state index contributed by atoms with van der Waals surface area (Å²) in [6.45, 7) is 7.23. The van der Waals surface area contributed by atoms with E-state index in [0.29, 0.717) is 25.8 Å². The summed E-state index contributed by atoms with van der Waals surface area (Å²) < 4.78 is 15.5. The van der Waals surface area contributed by atoms with Gasteiger partial charge in [-0.3, -0.25) is 0 Å². The number of rotatable bonds is 7. The van der Waals surface area contributed by atoms with E-state index in [-0.39, 0.29) is 11.8 Å². The minimum absolute atomic E-state index is 0.184. The Kier molecular flexibility index (Phi) is 5.64. The zero-order valence-corrected chi connectivity index (χ0v) is 11.3. The number of oxazole rings is 1. The minimum Gasteiger partial charge on any atom is -0.461 e. The molecule has 102 valence electrons. The maximum atomic E-state index is 11.4. The van der Waals surface area contributed by atoms with E-state index in [2.05, 4.69) is 4.98 Å². The van der Waals surface area contributed by atoms with E-state index >= 15 is 0 Å². The fraction of sp³-hybridized carbons (Fsp3) is 0.667. The van der Waals surface area contributed by atoms with Crippen molar-refractivity contribution in [1.29, 1.82) is 0 Å². The van der Waals surface area contributed by atoms with Crippen molar-refractivity contribution < 1.29 is 18.7 Å². The Morgan fingerprint density at radius 3 is 2.89 bits per heavy atom. The van der Waals surface area contributed by atoms with Gasteiger partial charge in [0, 0.05) is 13.6 Å². The van der Waals surface area contributed by atoms with Crippen LogP contribution >= 0.6 is 0 Å². The molecule has 0 N–H and O–H groups in total. The Hall–Kier alpha value is -1.56. The van der Waals surface area contributed by atoms with E-state index in [0.717, 1.165) is 0 Å². The average molecular weight is 256 g/mol. The Bertz CT molecular complexity index is 376. The summed E-state index contributed by atoms with van der Waals surface area (Å²) in [5, 5.41) is 0. The first-order chi connectivity index (χ1) is 8.54. The Morgan fingerprint density at radius 1 is 1.56 bits per heavy atom. The third-order valence-corrected chi connectivity index (χ3v) is 2.18. The van der Waals surface area contributed by atoms with Gasteiger partial charge in [-0.15, -0.1) is 0 Å². The third-order valence-electron chi connectivity index (χ3n) is 2.18. The molecule has 0 aliphatic heterocycles. The number of aromatic nitrogens is 1. The van der Waals surface area contributed by atoms with Crippen molar-refractivity contribution in [1.82, 2.24) is 4.98 Å². The molecule has 1 rings (SSSR count). The average Bonchev–Trinajstić information content (AvgIpc) is 2.78. The molecule has 18 heavy (non-hydrogen) atoms. The number of anilines is 1. The van der Waals surface area contributed by atoms with Crippen molar-refractivity contribution >= 4 is 12.0 Å². The summed E-state index contributed by atoms with van der Waals surface area (Å²) >= 11 is 0. The van der Waals surface area contributed by atoms with Crippen LogP contribution in [0, 0.1) is 0 Å². The van der Waals surface area contributed by atoms with Crippen molar-refractivity contribution in [3.63, 3.8) is 0 Å². The SMILES string of the molecule is CCOC(=O)c1coc(N(C)CCOC(C)C)n1. The molecule has 0 radical (unpaired) electrons. The Morgan fingerprint density at radius 2 is 2.28 bits per heavy atom. The first-order valence-electron chi connectivity index (χ1n) is 6.00. The van der Waals surface area contributed by atoms with E-state index in [1.54, 1.807) is 11.8 Å². The zero-order chi connectivity index (χ0) is 13.5. The molecule has 6 heteroatoms. The molecular weight excluding hydrogens is 236 g/mol. The number of carbonyl (C=O) groups is 1. The van der Waals surface area contributed by atoms with E-state index in [1.165, 1.54) is 6.26 Å². The van der Waals surface area contributed by atoms with Crippen molar-refractivity contribution in [3.05, 3.63) is 12.0 Å². The quantitative estimate of drug-likeness (QED) is 0.692. The van der Waals surface area contributed by atoms with Gasteiger partial charge in [0.1, 0.15) is 6.26 Å². The number of hydrogen-bond acceptors (Lipinski definition) is 6. The van der Waals surface area contributed by atoms with Crippen LogP contribution in [0.5, 0.6) is 0 Å². The Labute approximate surface area is 107 Å². The molecule has 6 nitrogen and oxygen atoms in total. The molecule has 1 aromatic heterocycles. The lowest BCUT2D eigenvalue weighted by Crippen LogP contribution is -2.24. The topological polar surface area (TPSA) is 64.8 Å². The highest BCUT2D eigenvalue weighted by Gasteiger charge is 2.15. The fourth-order valence-electron chi connectivity index (χ4n) is 1.26. The molecule has 0 saturated heterocycles. The maximum absolute atomic E-state index is 11.4. The molecule has 0 bridgehead atoms. The van der Waals surface area contributed by atoms with Crippen LogP contribution in [0.15, 0.2) is 10.7 Å². The molecule has 0 aromatic carbocycles. The van der Waals surface area contributed by atoms with Crippen molar-refractivity contribution in [3.8, 4) is 0 Å². The summed E-state index contributed by atoms with van der Waals surface area (Å²) in [4.78, 5) is 17.2. The van der Waals surface area contributed by atoms with Gasteiger partial charge in [0.15, 0.2) is 5.69 Å². The Balaban J connectivity index is 2.48. The van der Waals surface area contributed by atoms with Crippen LogP contribution in [-0.4, -0.2) is 43.9 Å². The van der Waals surface area contributed by atoms with Gasteiger partial charge in [-0.05, 0) is 20.8 Å². The van der Waals surface area contributed by atoms with Gasteiger partial charge in [0.05, 0.1) is 19.3 Å². The first-order valence-corrected chi connectivity index (χ1v) is 6.00. The molecule has 1 heterocycles. The third kappa shape index (κ3) is 4.37. The highest BCUT2D eigenvalue weighted by molar-refractivity contribution is 5.87. The van der Waals surface area contributed by atoms with E-state index in [4.69, 9.17) is 13.9 Å². The minimum atomic E-state index is -0.473. The lowest BCUT2D eigenvalue weighted by atomic mass is 10.5. The molecule has 0 unspecified atom stereocenters. The van der Waals surface area contributed by atoms with Gasteiger partial charge >= 0.3 is 5.97 Å². The smallest absolute Gasteiger partial charge is 0.360 e. The van der Waals surface area contributed by atoms with Crippen LogP contribution in [-0.2, 0) is 9.47 Å². The second kappa shape index (κ2) is 7.00. The zero-order valence-electron chi connectivity index (χ0n) is 11.3. The van der Waals surface area contributed by atoms with Crippen LogP contribution in [0.1, 0.15) is 31.3 Å². The van der Waals surface area contributed by atoms with Crippen LogP contribution in [0.2, 0.25) is 0 Å². The standard InChI is InChI=1S/C12H20N2O4/c1-5-16-11(15)10-8-18-12(13-10)14(4)6-7-17-9(2)3/h8-9H,5-7H2,1-4H3. The van der Waals surface area contributed by atoms with Crippen LogP contribution < -0.4 is 4.90 Å². The molecule has 0 amide bonds. The van der Waals surface area contributed by atoms with Crippen LogP contribution in [0.25, 0.3) is 0 Å². The molecule has 0 fully saturated rings. The molecule has 1 aromatic rings. The molecular formula is C12H20N2O4. The highest BCUT2D eigenvalue weighted by atomic mass is 16.5. The first kappa shape index (κ1) is 14.5. The normalized spacial score (nSPS) is 10.7. The fourth-order valence-corrected chi connectivity index (χ4v) is 1.26.